The van der Waals surface area contributed by atoms with Crippen LogP contribution in [0.2, 0.25) is 0 Å². The molecule has 3 heteroatoms. The molecule has 104 valence electrons. The fourth-order valence-electron chi connectivity index (χ4n) is 2.54. The number of benzene rings is 1. The number of anilines is 1. The van der Waals surface area contributed by atoms with E-state index < -0.39 is 0 Å². The molecule has 0 heterocycles. The van der Waals surface area contributed by atoms with Gasteiger partial charge in [-0.2, -0.15) is 0 Å². The van der Waals surface area contributed by atoms with Gasteiger partial charge in [-0.25, -0.2) is 0 Å². The number of amides is 1. The Kier molecular flexibility index (Phi) is 4.13. The highest BCUT2D eigenvalue weighted by Gasteiger charge is 2.32. The lowest BCUT2D eigenvalue weighted by molar-refractivity contribution is 0.0891. The van der Waals surface area contributed by atoms with Crippen LogP contribution in [0.3, 0.4) is 0 Å². The molecule has 1 saturated carbocycles. The zero-order valence-electron chi connectivity index (χ0n) is 12.2. The molecule has 0 atom stereocenters. The Bertz CT molecular complexity index is 464. The first-order chi connectivity index (χ1) is 9.04. The molecule has 1 aromatic rings. The van der Waals surface area contributed by atoms with Crippen LogP contribution < -0.4 is 10.6 Å². The maximum Gasteiger partial charge on any atom is 0.253 e. The van der Waals surface area contributed by atoms with E-state index in [4.69, 9.17) is 0 Å². The van der Waals surface area contributed by atoms with Gasteiger partial charge in [0, 0.05) is 18.8 Å². The van der Waals surface area contributed by atoms with Gasteiger partial charge in [-0.3, -0.25) is 4.79 Å². The number of hydrogen-bond donors (Lipinski definition) is 2. The summed E-state index contributed by atoms with van der Waals surface area (Å²) in [5, 5.41) is 6.34. The van der Waals surface area contributed by atoms with E-state index >= 15 is 0 Å². The van der Waals surface area contributed by atoms with Gasteiger partial charge in [-0.05, 0) is 44.2 Å². The maximum atomic E-state index is 12.3. The van der Waals surface area contributed by atoms with E-state index in [1.165, 1.54) is 19.3 Å². The molecule has 1 amide bonds. The van der Waals surface area contributed by atoms with Gasteiger partial charge < -0.3 is 10.6 Å². The van der Waals surface area contributed by atoms with Crippen molar-refractivity contribution in [3.8, 4) is 0 Å². The highest BCUT2D eigenvalue weighted by atomic mass is 16.1. The Hall–Kier alpha value is -1.51. The highest BCUT2D eigenvalue weighted by molar-refractivity contribution is 5.99. The van der Waals surface area contributed by atoms with Crippen molar-refractivity contribution in [2.24, 2.45) is 5.41 Å². The lowest BCUT2D eigenvalue weighted by Crippen LogP contribution is -2.40. The summed E-state index contributed by atoms with van der Waals surface area (Å²) in [4.78, 5) is 12.3. The summed E-state index contributed by atoms with van der Waals surface area (Å²) in [5.74, 6) is 0.0350. The molecular weight excluding hydrogens is 236 g/mol. The molecule has 0 aromatic heterocycles. The SMILES string of the molecule is CCNc1ccc(C)cc1C(=O)NCC1(C)CCC1. The number of aryl methyl sites for hydroxylation is 1. The predicted octanol–water partition coefficient (Wildman–Crippen LogP) is 3.35. The summed E-state index contributed by atoms with van der Waals surface area (Å²) in [6.45, 7) is 7.90. The smallest absolute Gasteiger partial charge is 0.253 e. The van der Waals surface area contributed by atoms with Crippen molar-refractivity contribution in [2.75, 3.05) is 18.4 Å². The van der Waals surface area contributed by atoms with E-state index in [9.17, 15) is 4.79 Å². The van der Waals surface area contributed by atoms with E-state index in [-0.39, 0.29) is 5.91 Å². The molecule has 0 aliphatic heterocycles. The lowest BCUT2D eigenvalue weighted by atomic mass is 9.70. The minimum atomic E-state index is 0.0350. The Morgan fingerprint density at radius 1 is 1.37 bits per heavy atom. The molecule has 1 fully saturated rings. The van der Waals surface area contributed by atoms with Gasteiger partial charge in [0.25, 0.3) is 5.91 Å². The number of carbonyl (C=O) groups excluding carboxylic acids is 1. The van der Waals surface area contributed by atoms with Crippen molar-refractivity contribution < 1.29 is 4.79 Å². The highest BCUT2D eigenvalue weighted by Crippen LogP contribution is 2.39. The van der Waals surface area contributed by atoms with Crippen molar-refractivity contribution in [1.82, 2.24) is 5.32 Å². The Morgan fingerprint density at radius 3 is 2.68 bits per heavy atom. The van der Waals surface area contributed by atoms with E-state index in [0.717, 1.165) is 29.9 Å². The largest absolute Gasteiger partial charge is 0.385 e. The summed E-state index contributed by atoms with van der Waals surface area (Å²) in [7, 11) is 0. The second-order valence-electron chi connectivity index (χ2n) is 5.93. The monoisotopic (exact) mass is 260 g/mol. The third-order valence-corrected chi connectivity index (χ3v) is 4.02. The molecule has 0 spiro atoms. The Morgan fingerprint density at radius 2 is 2.11 bits per heavy atom. The second-order valence-corrected chi connectivity index (χ2v) is 5.93. The van der Waals surface area contributed by atoms with E-state index in [1.54, 1.807) is 0 Å². The van der Waals surface area contributed by atoms with Gasteiger partial charge in [0.2, 0.25) is 0 Å². The van der Waals surface area contributed by atoms with Crippen molar-refractivity contribution in [3.05, 3.63) is 29.3 Å². The number of hydrogen-bond acceptors (Lipinski definition) is 2. The topological polar surface area (TPSA) is 41.1 Å². The minimum absolute atomic E-state index is 0.0350. The molecule has 0 unspecified atom stereocenters. The van der Waals surface area contributed by atoms with Gasteiger partial charge >= 0.3 is 0 Å². The molecule has 1 aromatic carbocycles. The zero-order chi connectivity index (χ0) is 13.9. The summed E-state index contributed by atoms with van der Waals surface area (Å²) in [6.07, 6.45) is 3.74. The number of rotatable bonds is 5. The summed E-state index contributed by atoms with van der Waals surface area (Å²) in [6, 6.07) is 5.97. The van der Waals surface area contributed by atoms with E-state index in [2.05, 4.69) is 17.6 Å². The Balaban J connectivity index is 2.06. The quantitative estimate of drug-likeness (QED) is 0.852. The normalized spacial score (nSPS) is 16.6. The Labute approximate surface area is 115 Å². The third kappa shape index (κ3) is 3.28. The standard InChI is InChI=1S/C16H24N2O/c1-4-17-14-7-6-12(2)10-13(14)15(19)18-11-16(3)8-5-9-16/h6-7,10,17H,4-5,8-9,11H2,1-3H3,(H,18,19). The van der Waals surface area contributed by atoms with Crippen molar-refractivity contribution >= 4 is 11.6 Å². The molecule has 0 saturated heterocycles. The van der Waals surface area contributed by atoms with Gasteiger partial charge in [0.05, 0.1) is 5.56 Å². The van der Waals surface area contributed by atoms with Crippen LogP contribution in [0.1, 0.15) is 49.0 Å². The maximum absolute atomic E-state index is 12.3. The molecule has 19 heavy (non-hydrogen) atoms. The predicted molar refractivity (Wildman–Crippen MR) is 79.6 cm³/mol. The van der Waals surface area contributed by atoms with E-state index in [1.807, 2.05) is 32.0 Å². The number of carbonyl (C=O) groups is 1. The van der Waals surface area contributed by atoms with Crippen LogP contribution in [-0.2, 0) is 0 Å². The summed E-state index contributed by atoms with van der Waals surface area (Å²) < 4.78 is 0. The fraction of sp³-hybridized carbons (Fsp3) is 0.562. The second kappa shape index (κ2) is 5.64. The molecule has 0 radical (unpaired) electrons. The van der Waals surface area contributed by atoms with Crippen molar-refractivity contribution in [2.45, 2.75) is 40.0 Å². The van der Waals surface area contributed by atoms with Crippen LogP contribution >= 0.6 is 0 Å². The molecule has 3 nitrogen and oxygen atoms in total. The van der Waals surface area contributed by atoms with Gasteiger partial charge in [0.1, 0.15) is 0 Å². The van der Waals surface area contributed by atoms with Crippen LogP contribution in [0.15, 0.2) is 18.2 Å². The molecule has 1 aliphatic carbocycles. The molecule has 0 bridgehead atoms. The van der Waals surface area contributed by atoms with Crippen molar-refractivity contribution in [3.63, 3.8) is 0 Å². The molecule has 2 rings (SSSR count). The molecule has 2 N–H and O–H groups in total. The fourth-order valence-corrected chi connectivity index (χ4v) is 2.54. The van der Waals surface area contributed by atoms with Crippen LogP contribution in [0.5, 0.6) is 0 Å². The summed E-state index contributed by atoms with van der Waals surface area (Å²) in [5.41, 5.74) is 3.11. The lowest BCUT2D eigenvalue weighted by Gasteiger charge is -2.38. The third-order valence-electron chi connectivity index (χ3n) is 4.02. The first-order valence-electron chi connectivity index (χ1n) is 7.17. The first kappa shape index (κ1) is 13.9. The molecular formula is C16H24N2O. The zero-order valence-corrected chi connectivity index (χ0v) is 12.2. The van der Waals surface area contributed by atoms with Crippen LogP contribution in [0.25, 0.3) is 0 Å². The van der Waals surface area contributed by atoms with Crippen LogP contribution in [0.4, 0.5) is 5.69 Å². The minimum Gasteiger partial charge on any atom is -0.385 e. The van der Waals surface area contributed by atoms with Crippen LogP contribution in [-0.4, -0.2) is 19.0 Å². The van der Waals surface area contributed by atoms with Crippen molar-refractivity contribution in [1.29, 1.82) is 0 Å². The average molecular weight is 260 g/mol. The first-order valence-corrected chi connectivity index (χ1v) is 7.17. The van der Waals surface area contributed by atoms with E-state index in [0.29, 0.717) is 5.41 Å². The number of nitrogens with one attached hydrogen (secondary N) is 2. The summed E-state index contributed by atoms with van der Waals surface area (Å²) >= 11 is 0. The molecule has 1 aliphatic rings. The van der Waals surface area contributed by atoms with Gasteiger partial charge in [-0.15, -0.1) is 0 Å². The van der Waals surface area contributed by atoms with Gasteiger partial charge in [-0.1, -0.05) is 25.0 Å². The van der Waals surface area contributed by atoms with Crippen LogP contribution in [0, 0.1) is 12.3 Å². The average Bonchev–Trinajstić information content (AvgIpc) is 2.36. The van der Waals surface area contributed by atoms with Gasteiger partial charge in [0.15, 0.2) is 0 Å².